The van der Waals surface area contributed by atoms with E-state index in [4.69, 9.17) is 9.84 Å². The first kappa shape index (κ1) is 11.9. The summed E-state index contributed by atoms with van der Waals surface area (Å²) in [7, 11) is 0. The molecule has 1 saturated heterocycles. The van der Waals surface area contributed by atoms with Gasteiger partial charge in [0.2, 0.25) is 0 Å². The van der Waals surface area contributed by atoms with Gasteiger partial charge in [-0.25, -0.2) is 4.79 Å². The minimum Gasteiger partial charge on any atom is -0.478 e. The van der Waals surface area contributed by atoms with Crippen molar-refractivity contribution in [2.75, 3.05) is 25.1 Å². The highest BCUT2D eigenvalue weighted by molar-refractivity contribution is 5.89. The standard InChI is InChI=1S/C13H17NO3/c1-9-3-4-10(12(15)16)5-11(9)14-6-13(2)7-17-8-13/h3-5,14H,6-8H2,1-2H3,(H,15,16). The van der Waals surface area contributed by atoms with Crippen LogP contribution in [0, 0.1) is 12.3 Å². The Morgan fingerprint density at radius 1 is 1.53 bits per heavy atom. The summed E-state index contributed by atoms with van der Waals surface area (Å²) in [6.07, 6.45) is 0. The molecular formula is C13H17NO3. The Hall–Kier alpha value is -1.55. The Balaban J connectivity index is 2.08. The van der Waals surface area contributed by atoms with Crippen molar-refractivity contribution < 1.29 is 14.6 Å². The van der Waals surface area contributed by atoms with E-state index in [0.29, 0.717) is 5.56 Å². The predicted molar refractivity (Wildman–Crippen MR) is 65.6 cm³/mol. The Morgan fingerprint density at radius 3 is 2.76 bits per heavy atom. The molecule has 17 heavy (non-hydrogen) atoms. The number of carboxylic acid groups (broad SMARTS) is 1. The summed E-state index contributed by atoms with van der Waals surface area (Å²) in [6.45, 7) is 6.44. The molecule has 1 aliphatic rings. The zero-order chi connectivity index (χ0) is 12.5. The predicted octanol–water partition coefficient (Wildman–Crippen LogP) is 2.14. The Bertz CT molecular complexity index is 438. The number of aryl methyl sites for hydroxylation is 1. The van der Waals surface area contributed by atoms with E-state index in [-0.39, 0.29) is 5.41 Å². The van der Waals surface area contributed by atoms with E-state index in [1.807, 2.05) is 13.0 Å². The van der Waals surface area contributed by atoms with Crippen LogP contribution in [0.4, 0.5) is 5.69 Å². The van der Waals surface area contributed by atoms with Crippen LogP contribution in [0.2, 0.25) is 0 Å². The van der Waals surface area contributed by atoms with Crippen molar-refractivity contribution in [1.29, 1.82) is 0 Å². The van der Waals surface area contributed by atoms with Crippen molar-refractivity contribution in [1.82, 2.24) is 0 Å². The Morgan fingerprint density at radius 2 is 2.24 bits per heavy atom. The summed E-state index contributed by atoms with van der Waals surface area (Å²) >= 11 is 0. The highest BCUT2D eigenvalue weighted by Gasteiger charge is 2.33. The van der Waals surface area contributed by atoms with Crippen molar-refractivity contribution in [3.8, 4) is 0 Å². The Kier molecular flexibility index (Phi) is 3.07. The number of carboxylic acids is 1. The number of hydrogen-bond donors (Lipinski definition) is 2. The zero-order valence-corrected chi connectivity index (χ0v) is 10.1. The molecule has 4 nitrogen and oxygen atoms in total. The van der Waals surface area contributed by atoms with Crippen molar-refractivity contribution in [2.24, 2.45) is 5.41 Å². The molecule has 0 aromatic heterocycles. The van der Waals surface area contributed by atoms with Gasteiger partial charge >= 0.3 is 5.97 Å². The molecule has 1 fully saturated rings. The van der Waals surface area contributed by atoms with Crippen molar-refractivity contribution in [2.45, 2.75) is 13.8 Å². The molecule has 2 N–H and O–H groups in total. The van der Waals surface area contributed by atoms with Gasteiger partial charge in [0.15, 0.2) is 0 Å². The van der Waals surface area contributed by atoms with Crippen LogP contribution >= 0.6 is 0 Å². The topological polar surface area (TPSA) is 58.6 Å². The number of aromatic carboxylic acids is 1. The lowest BCUT2D eigenvalue weighted by Gasteiger charge is -2.38. The molecule has 1 heterocycles. The summed E-state index contributed by atoms with van der Waals surface area (Å²) in [6, 6.07) is 5.13. The molecule has 4 heteroatoms. The molecule has 0 aliphatic carbocycles. The number of carbonyl (C=O) groups is 1. The second-order valence-corrected chi connectivity index (χ2v) is 4.99. The minimum atomic E-state index is -0.897. The minimum absolute atomic E-state index is 0.172. The van der Waals surface area contributed by atoms with E-state index < -0.39 is 5.97 Å². The SMILES string of the molecule is Cc1ccc(C(=O)O)cc1NCC1(C)COC1. The maximum absolute atomic E-state index is 10.9. The number of anilines is 1. The van der Waals surface area contributed by atoms with Crippen LogP contribution in [0.1, 0.15) is 22.8 Å². The number of rotatable bonds is 4. The number of nitrogens with one attached hydrogen (secondary N) is 1. The van der Waals surface area contributed by atoms with Gasteiger partial charge in [0.25, 0.3) is 0 Å². The van der Waals surface area contributed by atoms with Gasteiger partial charge in [-0.05, 0) is 24.6 Å². The molecule has 0 radical (unpaired) electrons. The molecular weight excluding hydrogens is 218 g/mol. The van der Waals surface area contributed by atoms with Gasteiger partial charge in [-0.3, -0.25) is 0 Å². The van der Waals surface area contributed by atoms with E-state index in [1.165, 1.54) is 0 Å². The summed E-state index contributed by atoms with van der Waals surface area (Å²) in [5.41, 5.74) is 2.43. The largest absolute Gasteiger partial charge is 0.478 e. The number of benzene rings is 1. The number of hydrogen-bond acceptors (Lipinski definition) is 3. The number of ether oxygens (including phenoxy) is 1. The smallest absolute Gasteiger partial charge is 0.335 e. The summed E-state index contributed by atoms with van der Waals surface area (Å²) in [5, 5.41) is 12.2. The zero-order valence-electron chi connectivity index (χ0n) is 10.1. The lowest BCUT2D eigenvalue weighted by atomic mass is 9.88. The second-order valence-electron chi connectivity index (χ2n) is 4.99. The molecule has 2 rings (SSSR count). The third kappa shape index (κ3) is 2.58. The quantitative estimate of drug-likeness (QED) is 0.839. The van der Waals surface area contributed by atoms with Crippen LogP contribution in [0.15, 0.2) is 18.2 Å². The summed E-state index contributed by atoms with van der Waals surface area (Å²) < 4.78 is 5.18. The molecule has 1 aromatic rings. The molecule has 0 spiro atoms. The van der Waals surface area contributed by atoms with E-state index in [2.05, 4.69) is 12.2 Å². The fraction of sp³-hybridized carbons (Fsp3) is 0.462. The highest BCUT2D eigenvalue weighted by atomic mass is 16.5. The first-order valence-corrected chi connectivity index (χ1v) is 5.66. The summed E-state index contributed by atoms with van der Waals surface area (Å²) in [5.74, 6) is -0.897. The molecule has 1 aromatic carbocycles. The van der Waals surface area contributed by atoms with Gasteiger partial charge in [-0.1, -0.05) is 13.0 Å². The average molecular weight is 235 g/mol. The molecule has 0 atom stereocenters. The monoisotopic (exact) mass is 235 g/mol. The van der Waals surface area contributed by atoms with Crippen LogP contribution in [-0.4, -0.2) is 30.8 Å². The molecule has 0 saturated carbocycles. The third-order valence-corrected chi connectivity index (χ3v) is 3.09. The fourth-order valence-electron chi connectivity index (χ4n) is 1.81. The molecule has 0 unspecified atom stereocenters. The highest BCUT2D eigenvalue weighted by Crippen LogP contribution is 2.27. The lowest BCUT2D eigenvalue weighted by Crippen LogP contribution is -2.45. The van der Waals surface area contributed by atoms with E-state index in [1.54, 1.807) is 12.1 Å². The third-order valence-electron chi connectivity index (χ3n) is 3.09. The van der Waals surface area contributed by atoms with Crippen molar-refractivity contribution in [3.05, 3.63) is 29.3 Å². The normalized spacial score (nSPS) is 17.3. The van der Waals surface area contributed by atoms with Crippen LogP contribution in [0.5, 0.6) is 0 Å². The van der Waals surface area contributed by atoms with Gasteiger partial charge in [-0.15, -0.1) is 0 Å². The van der Waals surface area contributed by atoms with Crippen molar-refractivity contribution >= 4 is 11.7 Å². The molecule has 1 aliphatic heterocycles. The molecule has 0 amide bonds. The maximum atomic E-state index is 10.9. The van der Waals surface area contributed by atoms with E-state index >= 15 is 0 Å². The van der Waals surface area contributed by atoms with Crippen LogP contribution in [0.3, 0.4) is 0 Å². The molecule has 92 valence electrons. The van der Waals surface area contributed by atoms with Gasteiger partial charge in [-0.2, -0.15) is 0 Å². The van der Waals surface area contributed by atoms with Gasteiger partial charge in [0, 0.05) is 17.6 Å². The van der Waals surface area contributed by atoms with Gasteiger partial charge in [0.1, 0.15) is 0 Å². The van der Waals surface area contributed by atoms with Gasteiger partial charge < -0.3 is 15.2 Å². The van der Waals surface area contributed by atoms with E-state index in [0.717, 1.165) is 31.0 Å². The van der Waals surface area contributed by atoms with E-state index in [9.17, 15) is 4.79 Å². The van der Waals surface area contributed by atoms with Gasteiger partial charge in [0.05, 0.1) is 18.8 Å². The van der Waals surface area contributed by atoms with Crippen molar-refractivity contribution in [3.63, 3.8) is 0 Å². The fourth-order valence-corrected chi connectivity index (χ4v) is 1.81. The first-order valence-electron chi connectivity index (χ1n) is 5.66. The molecule has 0 bridgehead atoms. The summed E-state index contributed by atoms with van der Waals surface area (Å²) in [4.78, 5) is 10.9. The van der Waals surface area contributed by atoms with Crippen LogP contribution in [0.25, 0.3) is 0 Å². The first-order chi connectivity index (χ1) is 8.00. The average Bonchev–Trinajstić information content (AvgIpc) is 2.25. The lowest BCUT2D eigenvalue weighted by molar-refractivity contribution is -0.0924. The maximum Gasteiger partial charge on any atom is 0.335 e. The van der Waals surface area contributed by atoms with Crippen LogP contribution in [-0.2, 0) is 4.74 Å². The Labute approximate surface area is 101 Å². The second kappa shape index (κ2) is 4.37. The van der Waals surface area contributed by atoms with Crippen LogP contribution < -0.4 is 5.32 Å².